The fourth-order valence-electron chi connectivity index (χ4n) is 1.98. The Bertz CT molecular complexity index is 548. The van der Waals surface area contributed by atoms with E-state index in [0.717, 1.165) is 17.0 Å². The Morgan fingerprint density at radius 2 is 1.94 bits per heavy atom. The summed E-state index contributed by atoms with van der Waals surface area (Å²) in [6, 6.07) is 3.94. The molecule has 96 valence electrons. The van der Waals surface area contributed by atoms with Crippen LogP contribution in [0.4, 0.5) is 0 Å². The third-order valence-corrected chi connectivity index (χ3v) is 2.89. The van der Waals surface area contributed by atoms with Crippen LogP contribution in [0.25, 0.3) is 0 Å². The van der Waals surface area contributed by atoms with Crippen LogP contribution in [0.5, 0.6) is 0 Å². The number of pyridine rings is 1. The van der Waals surface area contributed by atoms with Crippen LogP contribution < -0.4 is 0 Å². The van der Waals surface area contributed by atoms with E-state index in [1.807, 2.05) is 39.8 Å². The molecule has 0 aliphatic rings. The average Bonchev–Trinajstić information content (AvgIpc) is 2.77. The minimum absolute atomic E-state index is 0.163. The van der Waals surface area contributed by atoms with Gasteiger partial charge in [0.05, 0.1) is 0 Å². The molecule has 0 aliphatic carbocycles. The number of aromatic nitrogens is 4. The van der Waals surface area contributed by atoms with Crippen molar-refractivity contribution >= 4 is 0 Å². The summed E-state index contributed by atoms with van der Waals surface area (Å²) in [6.45, 7) is 7.83. The van der Waals surface area contributed by atoms with Crippen molar-refractivity contribution in [1.82, 2.24) is 19.7 Å². The predicted molar refractivity (Wildman–Crippen MR) is 68.2 cm³/mol. The van der Waals surface area contributed by atoms with Crippen LogP contribution in [0, 0.1) is 13.8 Å². The van der Waals surface area contributed by atoms with Gasteiger partial charge in [-0.1, -0.05) is 6.07 Å². The molecule has 5 heteroatoms. The molecular weight excluding hydrogens is 228 g/mol. The quantitative estimate of drug-likeness (QED) is 0.899. The number of hydrogen-bond donors (Lipinski definition) is 1. The lowest BCUT2D eigenvalue weighted by Crippen LogP contribution is -2.14. The number of rotatable bonds is 3. The fraction of sp³-hybridized carbons (Fsp3) is 0.462. The Morgan fingerprint density at radius 3 is 2.56 bits per heavy atom. The lowest BCUT2D eigenvalue weighted by molar-refractivity contribution is 0.198. The van der Waals surface area contributed by atoms with Gasteiger partial charge in [0.15, 0.2) is 5.82 Å². The molecule has 0 aliphatic heterocycles. The Kier molecular flexibility index (Phi) is 3.43. The van der Waals surface area contributed by atoms with Gasteiger partial charge in [-0.25, -0.2) is 9.67 Å². The zero-order valence-electron chi connectivity index (χ0n) is 11.1. The van der Waals surface area contributed by atoms with E-state index in [4.69, 9.17) is 0 Å². The second-order valence-electron chi connectivity index (χ2n) is 4.69. The molecule has 0 amide bonds. The van der Waals surface area contributed by atoms with Crippen molar-refractivity contribution in [1.29, 1.82) is 0 Å². The van der Waals surface area contributed by atoms with Crippen molar-refractivity contribution in [3.63, 3.8) is 0 Å². The van der Waals surface area contributed by atoms with Crippen molar-refractivity contribution in [3.05, 3.63) is 41.2 Å². The van der Waals surface area contributed by atoms with Crippen LogP contribution in [0.1, 0.15) is 48.8 Å². The summed E-state index contributed by atoms with van der Waals surface area (Å²) in [5, 5.41) is 14.6. The maximum Gasteiger partial charge on any atom is 0.160 e. The predicted octanol–water partition coefficient (Wildman–Crippen LogP) is 1.95. The molecule has 0 saturated heterocycles. The van der Waals surface area contributed by atoms with Crippen molar-refractivity contribution < 1.29 is 5.11 Å². The zero-order chi connectivity index (χ0) is 13.3. The highest BCUT2D eigenvalue weighted by Crippen LogP contribution is 2.23. The monoisotopic (exact) mass is 246 g/mol. The summed E-state index contributed by atoms with van der Waals surface area (Å²) in [6.07, 6.45) is 0.679. The minimum atomic E-state index is -0.789. The SMILES string of the molecule is Cc1ccc(C(O)c2ncnn2C(C)C)c(C)n1. The van der Waals surface area contributed by atoms with Gasteiger partial charge in [-0.05, 0) is 33.8 Å². The molecule has 5 nitrogen and oxygen atoms in total. The second-order valence-corrected chi connectivity index (χ2v) is 4.69. The summed E-state index contributed by atoms with van der Waals surface area (Å²) in [7, 11) is 0. The molecule has 0 saturated carbocycles. The van der Waals surface area contributed by atoms with Crippen molar-refractivity contribution in [2.45, 2.75) is 39.8 Å². The van der Waals surface area contributed by atoms with E-state index < -0.39 is 6.10 Å². The summed E-state index contributed by atoms with van der Waals surface area (Å²) in [5.41, 5.74) is 2.53. The maximum atomic E-state index is 10.4. The normalized spacial score (nSPS) is 13.0. The molecule has 0 fully saturated rings. The molecular formula is C13H18N4O. The van der Waals surface area contributed by atoms with E-state index in [1.165, 1.54) is 6.33 Å². The molecule has 1 N–H and O–H groups in total. The molecule has 2 heterocycles. The summed E-state index contributed by atoms with van der Waals surface area (Å²) < 4.78 is 1.73. The first-order chi connectivity index (χ1) is 8.50. The van der Waals surface area contributed by atoms with Gasteiger partial charge in [-0.15, -0.1) is 0 Å². The highest BCUT2D eigenvalue weighted by molar-refractivity contribution is 5.27. The lowest BCUT2D eigenvalue weighted by atomic mass is 10.1. The van der Waals surface area contributed by atoms with E-state index in [9.17, 15) is 5.11 Å². The van der Waals surface area contributed by atoms with E-state index >= 15 is 0 Å². The van der Waals surface area contributed by atoms with Crippen molar-refractivity contribution in [2.24, 2.45) is 0 Å². The van der Waals surface area contributed by atoms with Crippen LogP contribution in [0.15, 0.2) is 18.5 Å². The Balaban J connectivity index is 2.41. The van der Waals surface area contributed by atoms with Gasteiger partial charge in [0.1, 0.15) is 12.4 Å². The fourth-order valence-corrected chi connectivity index (χ4v) is 1.98. The third-order valence-electron chi connectivity index (χ3n) is 2.89. The zero-order valence-corrected chi connectivity index (χ0v) is 11.1. The summed E-state index contributed by atoms with van der Waals surface area (Å²) in [4.78, 5) is 8.51. The molecule has 1 atom stereocenters. The number of aliphatic hydroxyl groups excluding tert-OH is 1. The minimum Gasteiger partial charge on any atom is -0.380 e. The molecule has 0 radical (unpaired) electrons. The van der Waals surface area contributed by atoms with Crippen LogP contribution in [0.3, 0.4) is 0 Å². The Hall–Kier alpha value is -1.75. The smallest absolute Gasteiger partial charge is 0.160 e. The maximum absolute atomic E-state index is 10.4. The van der Waals surface area contributed by atoms with Crippen LogP contribution in [-0.4, -0.2) is 24.9 Å². The summed E-state index contributed by atoms with van der Waals surface area (Å²) in [5.74, 6) is 0.554. The van der Waals surface area contributed by atoms with Gasteiger partial charge in [0.2, 0.25) is 0 Å². The van der Waals surface area contributed by atoms with Crippen LogP contribution in [0.2, 0.25) is 0 Å². The highest BCUT2D eigenvalue weighted by atomic mass is 16.3. The first kappa shape index (κ1) is 12.7. The molecule has 2 aromatic rings. The molecule has 0 bridgehead atoms. The topological polar surface area (TPSA) is 63.8 Å². The van der Waals surface area contributed by atoms with E-state index in [0.29, 0.717) is 5.82 Å². The number of nitrogens with zero attached hydrogens (tertiary/aromatic N) is 4. The molecule has 18 heavy (non-hydrogen) atoms. The second kappa shape index (κ2) is 4.86. The number of hydrogen-bond acceptors (Lipinski definition) is 4. The van der Waals surface area contributed by atoms with Gasteiger partial charge in [-0.3, -0.25) is 4.98 Å². The lowest BCUT2D eigenvalue weighted by Gasteiger charge is -2.16. The highest BCUT2D eigenvalue weighted by Gasteiger charge is 2.20. The third kappa shape index (κ3) is 2.26. The Labute approximate surface area is 107 Å². The largest absolute Gasteiger partial charge is 0.380 e. The first-order valence-corrected chi connectivity index (χ1v) is 6.02. The molecule has 0 aromatic carbocycles. The van der Waals surface area contributed by atoms with Gasteiger partial charge in [0, 0.05) is 23.0 Å². The Morgan fingerprint density at radius 1 is 1.22 bits per heavy atom. The van der Waals surface area contributed by atoms with E-state index in [1.54, 1.807) is 4.68 Å². The van der Waals surface area contributed by atoms with Gasteiger partial charge >= 0.3 is 0 Å². The molecule has 1 unspecified atom stereocenters. The van der Waals surface area contributed by atoms with E-state index in [2.05, 4.69) is 15.1 Å². The standard InChI is InChI=1S/C13H18N4O/c1-8(2)17-13(14-7-15-17)12(18)11-6-5-9(3)16-10(11)4/h5-8,12,18H,1-4H3. The van der Waals surface area contributed by atoms with Crippen molar-refractivity contribution in [2.75, 3.05) is 0 Å². The molecule has 2 rings (SSSR count). The number of aryl methyl sites for hydroxylation is 2. The van der Waals surface area contributed by atoms with E-state index in [-0.39, 0.29) is 6.04 Å². The summed E-state index contributed by atoms with van der Waals surface area (Å²) >= 11 is 0. The van der Waals surface area contributed by atoms with Gasteiger partial charge in [-0.2, -0.15) is 5.10 Å². The van der Waals surface area contributed by atoms with Crippen molar-refractivity contribution in [3.8, 4) is 0 Å². The van der Waals surface area contributed by atoms with Crippen LogP contribution >= 0.6 is 0 Å². The van der Waals surface area contributed by atoms with Gasteiger partial charge in [0.25, 0.3) is 0 Å². The van der Waals surface area contributed by atoms with Gasteiger partial charge < -0.3 is 5.11 Å². The molecule has 2 aromatic heterocycles. The number of aliphatic hydroxyl groups is 1. The average molecular weight is 246 g/mol. The van der Waals surface area contributed by atoms with Crippen LogP contribution in [-0.2, 0) is 0 Å². The first-order valence-electron chi connectivity index (χ1n) is 6.02. The molecule has 0 spiro atoms.